The zero-order valence-electron chi connectivity index (χ0n) is 15.8. The molecule has 1 aliphatic rings. The van der Waals surface area contributed by atoms with Gasteiger partial charge in [-0.3, -0.25) is 0 Å². The third kappa shape index (κ3) is 4.95. The molecular weight excluding hydrogens is 358 g/mol. The Balaban J connectivity index is 1.68. The molecule has 28 heavy (non-hydrogen) atoms. The molecule has 0 bridgehead atoms. The maximum atomic E-state index is 11.5. The van der Waals surface area contributed by atoms with Crippen molar-refractivity contribution in [2.75, 3.05) is 25.2 Å². The quantitative estimate of drug-likeness (QED) is 0.505. The summed E-state index contributed by atoms with van der Waals surface area (Å²) in [4.78, 5) is 26.3. The SMILES string of the molecule is COCC1CCCN1c1ncc(-c2cccc(CNC(=O)N=C(N)N)c2)cn1. The second kappa shape index (κ2) is 9.14. The molecule has 0 spiro atoms. The Bertz CT molecular complexity index is 834. The van der Waals surface area contributed by atoms with Crippen LogP contribution in [0, 0.1) is 0 Å². The van der Waals surface area contributed by atoms with Gasteiger partial charge in [0.15, 0.2) is 5.96 Å². The highest BCUT2D eigenvalue weighted by Crippen LogP contribution is 2.25. The third-order valence-corrected chi connectivity index (χ3v) is 4.57. The topological polar surface area (TPSA) is 132 Å². The number of hydrogen-bond acceptors (Lipinski definition) is 5. The molecule has 9 heteroatoms. The lowest BCUT2D eigenvalue weighted by atomic mass is 10.1. The normalized spacial score (nSPS) is 16.0. The number of carbonyl (C=O) groups excluding carboxylic acids is 1. The van der Waals surface area contributed by atoms with Crippen LogP contribution in [0.4, 0.5) is 10.7 Å². The van der Waals surface area contributed by atoms with Crippen LogP contribution in [0.3, 0.4) is 0 Å². The number of ether oxygens (including phenoxy) is 1. The minimum atomic E-state index is -0.575. The van der Waals surface area contributed by atoms with Gasteiger partial charge in [0.05, 0.1) is 12.6 Å². The van der Waals surface area contributed by atoms with Gasteiger partial charge in [-0.15, -0.1) is 0 Å². The summed E-state index contributed by atoms with van der Waals surface area (Å²) in [7, 11) is 1.72. The zero-order chi connectivity index (χ0) is 19.9. The molecule has 0 radical (unpaired) electrons. The molecule has 1 aromatic carbocycles. The Morgan fingerprint density at radius 2 is 2.11 bits per heavy atom. The summed E-state index contributed by atoms with van der Waals surface area (Å²) in [5.41, 5.74) is 13.2. The van der Waals surface area contributed by atoms with Crippen molar-refractivity contribution in [2.24, 2.45) is 16.5 Å². The highest BCUT2D eigenvalue weighted by Gasteiger charge is 2.26. The Hall–Kier alpha value is -3.20. The molecule has 3 rings (SSSR count). The predicted molar refractivity (Wildman–Crippen MR) is 108 cm³/mol. The summed E-state index contributed by atoms with van der Waals surface area (Å²) in [5, 5.41) is 2.64. The fourth-order valence-corrected chi connectivity index (χ4v) is 3.28. The van der Waals surface area contributed by atoms with Crippen LogP contribution in [0.1, 0.15) is 18.4 Å². The van der Waals surface area contributed by atoms with E-state index in [9.17, 15) is 4.79 Å². The van der Waals surface area contributed by atoms with E-state index < -0.39 is 6.03 Å². The molecular formula is C19H25N7O2. The fraction of sp³-hybridized carbons (Fsp3) is 0.368. The first-order chi connectivity index (χ1) is 13.6. The zero-order valence-corrected chi connectivity index (χ0v) is 15.8. The van der Waals surface area contributed by atoms with Gasteiger partial charge in [0.1, 0.15) is 0 Å². The van der Waals surface area contributed by atoms with Crippen LogP contribution in [-0.2, 0) is 11.3 Å². The van der Waals surface area contributed by atoms with Crippen LogP contribution < -0.4 is 21.7 Å². The number of methoxy groups -OCH3 is 1. The molecule has 1 saturated heterocycles. The van der Waals surface area contributed by atoms with Crippen LogP contribution in [0.25, 0.3) is 11.1 Å². The Kier molecular flexibility index (Phi) is 6.38. The number of hydrogen-bond donors (Lipinski definition) is 3. The van der Waals surface area contributed by atoms with Crippen molar-refractivity contribution in [3.05, 3.63) is 42.2 Å². The summed E-state index contributed by atoms with van der Waals surface area (Å²) in [6.45, 7) is 1.94. The summed E-state index contributed by atoms with van der Waals surface area (Å²) < 4.78 is 5.30. The van der Waals surface area contributed by atoms with Crippen molar-refractivity contribution in [1.82, 2.24) is 15.3 Å². The number of guanidine groups is 1. The van der Waals surface area contributed by atoms with Gasteiger partial charge in [-0.1, -0.05) is 18.2 Å². The minimum absolute atomic E-state index is 0.269. The highest BCUT2D eigenvalue weighted by atomic mass is 16.5. The van der Waals surface area contributed by atoms with Crippen LogP contribution in [0.5, 0.6) is 0 Å². The first-order valence-electron chi connectivity index (χ1n) is 9.11. The standard InChI is InChI=1S/C19H25N7O2/c1-28-12-16-6-3-7-26(16)18-22-10-15(11-23-18)14-5-2-4-13(8-14)9-24-19(27)25-17(20)21/h2,4-5,8,10-11,16H,3,6-7,9,12H2,1H3,(H5,20,21,24,25,27). The third-order valence-electron chi connectivity index (χ3n) is 4.57. The number of urea groups is 1. The van der Waals surface area contributed by atoms with E-state index >= 15 is 0 Å². The van der Waals surface area contributed by atoms with Gasteiger partial charge in [0, 0.05) is 38.2 Å². The number of carbonyl (C=O) groups is 1. The molecule has 1 aliphatic heterocycles. The average molecular weight is 383 g/mol. The number of nitrogens with one attached hydrogen (secondary N) is 1. The fourth-order valence-electron chi connectivity index (χ4n) is 3.28. The maximum Gasteiger partial charge on any atom is 0.344 e. The number of nitrogens with zero attached hydrogens (tertiary/aromatic N) is 4. The number of rotatable bonds is 6. The molecule has 148 valence electrons. The van der Waals surface area contributed by atoms with E-state index in [1.165, 1.54) is 0 Å². The van der Waals surface area contributed by atoms with Gasteiger partial charge in [-0.05, 0) is 30.0 Å². The van der Waals surface area contributed by atoms with Gasteiger partial charge >= 0.3 is 6.03 Å². The van der Waals surface area contributed by atoms with Crippen molar-refractivity contribution in [2.45, 2.75) is 25.4 Å². The van der Waals surface area contributed by atoms with Gasteiger partial charge in [-0.25, -0.2) is 14.8 Å². The Morgan fingerprint density at radius 3 is 2.82 bits per heavy atom. The predicted octanol–water partition coefficient (Wildman–Crippen LogP) is 1.24. The molecule has 2 aromatic rings. The van der Waals surface area contributed by atoms with Crippen LogP contribution >= 0.6 is 0 Å². The average Bonchev–Trinajstić information content (AvgIpc) is 3.15. The van der Waals surface area contributed by atoms with Crippen molar-refractivity contribution < 1.29 is 9.53 Å². The lowest BCUT2D eigenvalue weighted by molar-refractivity contribution is 0.180. The number of aromatic nitrogens is 2. The largest absolute Gasteiger partial charge is 0.383 e. The van der Waals surface area contributed by atoms with Crippen LogP contribution in [0.2, 0.25) is 0 Å². The summed E-state index contributed by atoms with van der Waals surface area (Å²) >= 11 is 0. The lowest BCUT2D eigenvalue weighted by Gasteiger charge is -2.23. The van der Waals surface area contributed by atoms with E-state index in [4.69, 9.17) is 16.2 Å². The molecule has 1 fully saturated rings. The number of benzene rings is 1. The van der Waals surface area contributed by atoms with Crippen molar-refractivity contribution in [1.29, 1.82) is 0 Å². The molecule has 2 amide bonds. The van der Waals surface area contributed by atoms with Crippen molar-refractivity contribution >= 4 is 17.9 Å². The van der Waals surface area contributed by atoms with E-state index in [1.807, 2.05) is 36.7 Å². The number of anilines is 1. The van der Waals surface area contributed by atoms with Crippen LogP contribution in [0.15, 0.2) is 41.7 Å². The first-order valence-corrected chi connectivity index (χ1v) is 9.11. The molecule has 9 nitrogen and oxygen atoms in total. The second-order valence-corrected chi connectivity index (χ2v) is 6.61. The van der Waals surface area contributed by atoms with Crippen molar-refractivity contribution in [3.8, 4) is 11.1 Å². The molecule has 0 saturated carbocycles. The Labute approximate surface area is 163 Å². The van der Waals surface area contributed by atoms with Crippen molar-refractivity contribution in [3.63, 3.8) is 0 Å². The van der Waals surface area contributed by atoms with Gasteiger partial charge in [0.2, 0.25) is 5.95 Å². The lowest BCUT2D eigenvalue weighted by Crippen LogP contribution is -2.34. The van der Waals surface area contributed by atoms with E-state index in [0.29, 0.717) is 19.2 Å². The van der Waals surface area contributed by atoms with Gasteiger partial charge < -0.3 is 26.4 Å². The molecule has 1 unspecified atom stereocenters. The molecule has 0 aliphatic carbocycles. The monoisotopic (exact) mass is 383 g/mol. The molecule has 2 heterocycles. The maximum absolute atomic E-state index is 11.5. The van der Waals surface area contributed by atoms with E-state index in [0.717, 1.165) is 42.0 Å². The van der Waals surface area contributed by atoms with Crippen LogP contribution in [-0.4, -0.2) is 48.3 Å². The number of nitrogens with two attached hydrogens (primary N) is 2. The molecule has 1 atom stereocenters. The second-order valence-electron chi connectivity index (χ2n) is 6.61. The highest BCUT2D eigenvalue weighted by molar-refractivity contribution is 5.90. The Morgan fingerprint density at radius 1 is 1.32 bits per heavy atom. The summed E-state index contributed by atoms with van der Waals surface area (Å²) in [6, 6.07) is 7.53. The molecule has 5 N–H and O–H groups in total. The number of aliphatic imine (C=N–C) groups is 1. The number of amides is 2. The van der Waals surface area contributed by atoms with E-state index in [2.05, 4.69) is 25.2 Å². The van der Waals surface area contributed by atoms with E-state index in [1.54, 1.807) is 7.11 Å². The van der Waals surface area contributed by atoms with Gasteiger partial charge in [-0.2, -0.15) is 4.99 Å². The summed E-state index contributed by atoms with van der Waals surface area (Å²) in [5.74, 6) is 0.457. The molecule has 1 aromatic heterocycles. The smallest absolute Gasteiger partial charge is 0.344 e. The minimum Gasteiger partial charge on any atom is -0.383 e. The van der Waals surface area contributed by atoms with E-state index in [-0.39, 0.29) is 5.96 Å². The first kappa shape index (κ1) is 19.6. The van der Waals surface area contributed by atoms with Gasteiger partial charge in [0.25, 0.3) is 0 Å². The summed E-state index contributed by atoms with van der Waals surface area (Å²) in [6.07, 6.45) is 5.85.